The van der Waals surface area contributed by atoms with Gasteiger partial charge in [0.15, 0.2) is 11.5 Å². The number of halogens is 1. The van der Waals surface area contributed by atoms with Gasteiger partial charge in [-0.3, -0.25) is 0 Å². The van der Waals surface area contributed by atoms with Gasteiger partial charge in [-0.2, -0.15) is 0 Å². The Hall–Kier alpha value is -1.75. The molecule has 0 amide bonds. The molecule has 0 spiro atoms. The molecule has 0 aliphatic rings. The number of hydrogen-bond acceptors (Lipinski definition) is 4. The van der Waals surface area contributed by atoms with Crippen LogP contribution in [0.3, 0.4) is 0 Å². The summed E-state index contributed by atoms with van der Waals surface area (Å²) in [6, 6.07) is 13.4. The molecule has 0 aliphatic heterocycles. The molecule has 0 unspecified atom stereocenters. The Bertz CT molecular complexity index is 619. The zero-order valence-corrected chi connectivity index (χ0v) is 14.1. The molecular weight excluding hydrogens is 314 g/mol. The maximum absolute atomic E-state index is 10.1. The van der Waals surface area contributed by atoms with Crippen LogP contribution in [0.4, 0.5) is 0 Å². The lowest BCUT2D eigenvalue weighted by atomic mass is 10.1. The van der Waals surface area contributed by atoms with E-state index in [0.29, 0.717) is 29.6 Å². The van der Waals surface area contributed by atoms with Crippen molar-refractivity contribution in [2.75, 3.05) is 27.3 Å². The second kappa shape index (κ2) is 8.77. The third kappa shape index (κ3) is 4.61. The molecule has 0 saturated heterocycles. The lowest BCUT2D eigenvalue weighted by Gasteiger charge is -2.14. The van der Waals surface area contributed by atoms with Gasteiger partial charge in [-0.15, -0.1) is 0 Å². The number of hydrogen-bond donors (Lipinski definition) is 2. The van der Waals surface area contributed by atoms with Crippen LogP contribution in [-0.4, -0.2) is 32.4 Å². The summed E-state index contributed by atoms with van der Waals surface area (Å²) in [6.07, 6.45) is 0.220. The van der Waals surface area contributed by atoms with Gasteiger partial charge in [0.25, 0.3) is 0 Å². The lowest BCUT2D eigenvalue weighted by Crippen LogP contribution is -2.23. The summed E-state index contributed by atoms with van der Waals surface area (Å²) >= 11 is 6.35. The summed E-state index contributed by atoms with van der Waals surface area (Å²) < 4.78 is 10.5. The zero-order valence-electron chi connectivity index (χ0n) is 13.4. The smallest absolute Gasteiger partial charge is 0.179 e. The van der Waals surface area contributed by atoms with Crippen molar-refractivity contribution >= 4 is 11.6 Å². The van der Waals surface area contributed by atoms with E-state index < -0.39 is 6.10 Å². The van der Waals surface area contributed by atoms with Gasteiger partial charge in [0.2, 0.25) is 0 Å². The van der Waals surface area contributed by atoms with Crippen LogP contribution in [-0.2, 0) is 6.42 Å². The van der Waals surface area contributed by atoms with Crippen LogP contribution in [0.25, 0.3) is 0 Å². The van der Waals surface area contributed by atoms with Crippen molar-refractivity contribution in [2.24, 2.45) is 0 Å². The Labute approximate surface area is 142 Å². The van der Waals surface area contributed by atoms with Gasteiger partial charge in [-0.05, 0) is 30.2 Å². The second-order valence-electron chi connectivity index (χ2n) is 5.15. The molecule has 2 aromatic carbocycles. The van der Waals surface area contributed by atoms with Crippen LogP contribution in [0.5, 0.6) is 11.5 Å². The van der Waals surface area contributed by atoms with E-state index >= 15 is 0 Å². The third-order valence-electron chi connectivity index (χ3n) is 3.66. The summed E-state index contributed by atoms with van der Waals surface area (Å²) in [4.78, 5) is 0. The number of nitrogens with one attached hydrogen (secondary N) is 1. The van der Waals surface area contributed by atoms with Gasteiger partial charge >= 0.3 is 0 Å². The molecule has 2 N–H and O–H groups in total. The van der Waals surface area contributed by atoms with Gasteiger partial charge in [0, 0.05) is 6.54 Å². The fourth-order valence-corrected chi connectivity index (χ4v) is 2.71. The van der Waals surface area contributed by atoms with E-state index in [0.717, 1.165) is 17.5 Å². The Morgan fingerprint density at radius 2 is 1.83 bits per heavy atom. The second-order valence-corrected chi connectivity index (χ2v) is 5.53. The van der Waals surface area contributed by atoms with Gasteiger partial charge in [0.05, 0.1) is 25.3 Å². The molecule has 1 atom stereocenters. The summed E-state index contributed by atoms with van der Waals surface area (Å²) in [5, 5.41) is 13.9. The van der Waals surface area contributed by atoms with Crippen molar-refractivity contribution in [1.29, 1.82) is 0 Å². The first-order valence-corrected chi connectivity index (χ1v) is 7.88. The minimum Gasteiger partial charge on any atom is -0.493 e. The minimum atomic E-state index is -0.517. The van der Waals surface area contributed by atoms with Crippen molar-refractivity contribution < 1.29 is 14.6 Å². The standard InChI is InChI=1S/C18H22ClNO3/c1-22-16-9-8-14(17(19)18(16)23-2)10-11-20-12-15(21)13-6-4-3-5-7-13/h3-9,15,20-21H,10-12H2,1-2H3/t15-/m1/s1. The fraction of sp³-hybridized carbons (Fsp3) is 0.333. The normalized spacial score (nSPS) is 12.0. The minimum absolute atomic E-state index is 0.495. The average molecular weight is 336 g/mol. The van der Waals surface area contributed by atoms with E-state index in [4.69, 9.17) is 21.1 Å². The number of ether oxygens (including phenoxy) is 2. The number of methoxy groups -OCH3 is 2. The highest BCUT2D eigenvalue weighted by Crippen LogP contribution is 2.37. The van der Waals surface area contributed by atoms with Crippen LogP contribution in [0, 0.1) is 0 Å². The summed E-state index contributed by atoms with van der Waals surface area (Å²) in [6.45, 7) is 1.20. The largest absolute Gasteiger partial charge is 0.493 e. The van der Waals surface area contributed by atoms with Gasteiger partial charge < -0.3 is 19.9 Å². The zero-order chi connectivity index (χ0) is 16.7. The first-order valence-electron chi connectivity index (χ1n) is 7.50. The fourth-order valence-electron chi connectivity index (χ4n) is 2.38. The van der Waals surface area contributed by atoms with Gasteiger partial charge in [-0.25, -0.2) is 0 Å². The molecular formula is C18H22ClNO3. The van der Waals surface area contributed by atoms with E-state index in [1.165, 1.54) is 0 Å². The molecule has 4 nitrogen and oxygen atoms in total. The number of rotatable bonds is 8. The first kappa shape index (κ1) is 17.6. The molecule has 5 heteroatoms. The molecule has 0 aromatic heterocycles. The van der Waals surface area contributed by atoms with E-state index in [1.54, 1.807) is 14.2 Å². The summed E-state index contributed by atoms with van der Waals surface area (Å²) in [7, 11) is 3.16. The molecule has 0 fully saturated rings. The quantitative estimate of drug-likeness (QED) is 0.727. The molecule has 23 heavy (non-hydrogen) atoms. The molecule has 0 saturated carbocycles. The first-order chi connectivity index (χ1) is 11.2. The number of aliphatic hydroxyl groups is 1. The molecule has 124 valence electrons. The number of benzene rings is 2. The average Bonchev–Trinajstić information content (AvgIpc) is 2.60. The monoisotopic (exact) mass is 335 g/mol. The van der Waals surface area contributed by atoms with Crippen molar-refractivity contribution in [2.45, 2.75) is 12.5 Å². The molecule has 2 aromatic rings. The van der Waals surface area contributed by atoms with Crippen LogP contribution in [0.15, 0.2) is 42.5 Å². The predicted octanol–water partition coefficient (Wildman–Crippen LogP) is 3.22. The molecule has 2 rings (SSSR count). The maximum Gasteiger partial charge on any atom is 0.179 e. The van der Waals surface area contributed by atoms with E-state index in [-0.39, 0.29) is 0 Å². The topological polar surface area (TPSA) is 50.7 Å². The summed E-state index contributed by atoms with van der Waals surface area (Å²) in [5.74, 6) is 1.17. The van der Waals surface area contributed by atoms with E-state index in [9.17, 15) is 5.11 Å². The van der Waals surface area contributed by atoms with E-state index in [2.05, 4.69) is 5.32 Å². The van der Waals surface area contributed by atoms with Crippen molar-refractivity contribution in [3.63, 3.8) is 0 Å². The molecule has 0 aliphatic carbocycles. The van der Waals surface area contributed by atoms with Crippen molar-refractivity contribution in [3.8, 4) is 11.5 Å². The molecule has 0 radical (unpaired) electrons. The molecule has 0 bridgehead atoms. The van der Waals surface area contributed by atoms with Crippen LogP contribution in [0.1, 0.15) is 17.2 Å². The van der Waals surface area contributed by atoms with Crippen molar-refractivity contribution in [3.05, 3.63) is 58.6 Å². The Morgan fingerprint density at radius 3 is 2.48 bits per heavy atom. The lowest BCUT2D eigenvalue weighted by molar-refractivity contribution is 0.175. The van der Waals surface area contributed by atoms with Crippen molar-refractivity contribution in [1.82, 2.24) is 5.32 Å². The molecule has 0 heterocycles. The van der Waals surface area contributed by atoms with Crippen LogP contribution in [0.2, 0.25) is 5.02 Å². The van der Waals surface area contributed by atoms with Gasteiger partial charge in [-0.1, -0.05) is 48.0 Å². The summed E-state index contributed by atoms with van der Waals surface area (Å²) in [5.41, 5.74) is 1.88. The maximum atomic E-state index is 10.1. The van der Waals surface area contributed by atoms with Crippen LogP contribution >= 0.6 is 11.6 Å². The Morgan fingerprint density at radius 1 is 1.09 bits per heavy atom. The SMILES string of the molecule is COc1ccc(CCNC[C@@H](O)c2ccccc2)c(Cl)c1OC. The Kier molecular flexibility index (Phi) is 6.71. The number of aliphatic hydroxyl groups excluding tert-OH is 1. The van der Waals surface area contributed by atoms with Gasteiger partial charge in [0.1, 0.15) is 0 Å². The highest BCUT2D eigenvalue weighted by atomic mass is 35.5. The van der Waals surface area contributed by atoms with Crippen LogP contribution < -0.4 is 14.8 Å². The highest BCUT2D eigenvalue weighted by molar-refractivity contribution is 6.33. The Balaban J connectivity index is 1.87. The predicted molar refractivity (Wildman–Crippen MR) is 92.5 cm³/mol. The highest BCUT2D eigenvalue weighted by Gasteiger charge is 2.13. The third-order valence-corrected chi connectivity index (χ3v) is 4.07. The van der Waals surface area contributed by atoms with E-state index in [1.807, 2.05) is 42.5 Å².